The van der Waals surface area contributed by atoms with Crippen molar-refractivity contribution in [1.29, 1.82) is 0 Å². The molecule has 1 amide bonds. The molecule has 2 heterocycles. The number of hydrogen-bond acceptors (Lipinski definition) is 4. The van der Waals surface area contributed by atoms with Crippen LogP contribution in [0.3, 0.4) is 0 Å². The average molecular weight is 379 g/mol. The molecule has 0 saturated heterocycles. The zero-order valence-electron chi connectivity index (χ0n) is 15.1. The molecule has 1 aromatic heterocycles. The Morgan fingerprint density at radius 2 is 2.11 bits per heavy atom. The number of nitrogens with one attached hydrogen (secondary N) is 1. The monoisotopic (exact) mass is 379 g/mol. The third-order valence-corrected chi connectivity index (χ3v) is 4.41. The van der Waals surface area contributed by atoms with Crippen molar-refractivity contribution in [3.8, 4) is 11.5 Å². The van der Waals surface area contributed by atoms with Crippen molar-refractivity contribution in [3.05, 3.63) is 83.7 Å². The lowest BCUT2D eigenvalue weighted by Gasteiger charge is -2.18. The van der Waals surface area contributed by atoms with E-state index in [1.807, 2.05) is 13.1 Å². The number of carbonyl (C=O) groups is 1. The first kappa shape index (κ1) is 17.8. The molecule has 1 aliphatic rings. The lowest BCUT2D eigenvalue weighted by Crippen LogP contribution is -2.29. The Morgan fingerprint density at radius 3 is 2.89 bits per heavy atom. The van der Waals surface area contributed by atoms with Crippen LogP contribution in [0.15, 0.2) is 60.9 Å². The molecule has 6 nitrogen and oxygen atoms in total. The summed E-state index contributed by atoms with van der Waals surface area (Å²) >= 11 is 0. The molecule has 28 heavy (non-hydrogen) atoms. The molecule has 1 unspecified atom stereocenters. The van der Waals surface area contributed by atoms with E-state index in [1.54, 1.807) is 47.3 Å². The topological polar surface area (TPSA) is 65.4 Å². The van der Waals surface area contributed by atoms with Crippen molar-refractivity contribution in [2.24, 2.45) is 7.05 Å². The maximum Gasteiger partial charge on any atom is 0.244 e. The van der Waals surface area contributed by atoms with Gasteiger partial charge in [0.25, 0.3) is 0 Å². The Morgan fingerprint density at radius 1 is 1.25 bits per heavy atom. The first-order valence-corrected chi connectivity index (χ1v) is 8.71. The first-order chi connectivity index (χ1) is 13.6. The molecule has 1 aliphatic heterocycles. The number of imidazole rings is 1. The van der Waals surface area contributed by atoms with Gasteiger partial charge in [0.1, 0.15) is 17.7 Å². The van der Waals surface area contributed by atoms with Gasteiger partial charge in [-0.15, -0.1) is 0 Å². The highest BCUT2D eigenvalue weighted by Crippen LogP contribution is 2.32. The number of benzene rings is 2. The Bertz CT molecular complexity index is 1040. The molecule has 0 fully saturated rings. The van der Waals surface area contributed by atoms with Gasteiger partial charge in [0.2, 0.25) is 12.7 Å². The minimum Gasteiger partial charge on any atom is -0.454 e. The number of rotatable bonds is 5. The largest absolute Gasteiger partial charge is 0.454 e. The van der Waals surface area contributed by atoms with Gasteiger partial charge in [-0.05, 0) is 41.5 Å². The Kier molecular flexibility index (Phi) is 4.80. The van der Waals surface area contributed by atoms with Crippen LogP contribution in [0.1, 0.15) is 23.0 Å². The third kappa shape index (κ3) is 3.73. The lowest BCUT2D eigenvalue weighted by molar-refractivity contribution is -0.117. The molecular formula is C21H18FN3O3. The summed E-state index contributed by atoms with van der Waals surface area (Å²) in [5, 5.41) is 2.89. The predicted molar refractivity (Wildman–Crippen MR) is 101 cm³/mol. The maximum absolute atomic E-state index is 13.7. The van der Waals surface area contributed by atoms with E-state index in [9.17, 15) is 9.18 Å². The average Bonchev–Trinajstić information content (AvgIpc) is 3.32. The Balaban J connectivity index is 1.55. The van der Waals surface area contributed by atoms with Crippen molar-refractivity contribution in [2.75, 3.05) is 6.79 Å². The number of halogens is 1. The van der Waals surface area contributed by atoms with Gasteiger partial charge in [0.15, 0.2) is 11.5 Å². The van der Waals surface area contributed by atoms with Gasteiger partial charge in [-0.25, -0.2) is 9.37 Å². The maximum atomic E-state index is 13.7. The van der Waals surface area contributed by atoms with Crippen LogP contribution >= 0.6 is 0 Å². The van der Waals surface area contributed by atoms with E-state index in [0.29, 0.717) is 22.9 Å². The van der Waals surface area contributed by atoms with Crippen molar-refractivity contribution in [3.63, 3.8) is 0 Å². The molecule has 0 spiro atoms. The second-order valence-corrected chi connectivity index (χ2v) is 6.34. The normalized spacial score (nSPS) is 13.6. The van der Waals surface area contributed by atoms with Gasteiger partial charge in [-0.1, -0.05) is 18.2 Å². The lowest BCUT2D eigenvalue weighted by atomic mass is 10.1. The predicted octanol–water partition coefficient (Wildman–Crippen LogP) is 3.21. The summed E-state index contributed by atoms with van der Waals surface area (Å²) in [7, 11) is 1.82. The van der Waals surface area contributed by atoms with Crippen LogP contribution in [0.25, 0.3) is 6.08 Å². The molecule has 142 valence electrons. The summed E-state index contributed by atoms with van der Waals surface area (Å²) in [5.74, 6) is 1.24. The minimum absolute atomic E-state index is 0.196. The number of nitrogens with zero attached hydrogens (tertiary/aromatic N) is 2. The summed E-state index contributed by atoms with van der Waals surface area (Å²) in [5.41, 5.74) is 1.41. The van der Waals surface area contributed by atoms with Gasteiger partial charge in [-0.3, -0.25) is 4.79 Å². The van der Waals surface area contributed by atoms with E-state index >= 15 is 0 Å². The quantitative estimate of drug-likeness (QED) is 0.692. The van der Waals surface area contributed by atoms with Crippen LogP contribution in [-0.2, 0) is 11.8 Å². The van der Waals surface area contributed by atoms with Crippen LogP contribution in [0.5, 0.6) is 11.5 Å². The van der Waals surface area contributed by atoms with E-state index in [-0.39, 0.29) is 18.5 Å². The highest BCUT2D eigenvalue weighted by Gasteiger charge is 2.20. The summed E-state index contributed by atoms with van der Waals surface area (Å²) in [6, 6.07) is 11.0. The molecule has 1 atom stereocenters. The summed E-state index contributed by atoms with van der Waals surface area (Å²) < 4.78 is 26.1. The molecular weight excluding hydrogens is 361 g/mol. The second kappa shape index (κ2) is 7.56. The van der Waals surface area contributed by atoms with Crippen LogP contribution in [0.4, 0.5) is 4.39 Å². The number of amides is 1. The minimum atomic E-state index is -0.579. The number of fused-ring (bicyclic) bond motifs is 1. The number of aryl methyl sites for hydroxylation is 1. The van der Waals surface area contributed by atoms with E-state index < -0.39 is 6.04 Å². The molecule has 4 rings (SSSR count). The fourth-order valence-corrected chi connectivity index (χ4v) is 3.02. The van der Waals surface area contributed by atoms with Crippen LogP contribution in [0.2, 0.25) is 0 Å². The Hall–Kier alpha value is -3.61. The summed E-state index contributed by atoms with van der Waals surface area (Å²) in [6.45, 7) is 0.196. The molecule has 2 aromatic carbocycles. The van der Waals surface area contributed by atoms with Crippen LogP contribution < -0.4 is 14.8 Å². The van der Waals surface area contributed by atoms with Crippen molar-refractivity contribution >= 4 is 12.0 Å². The molecule has 0 saturated carbocycles. The smallest absolute Gasteiger partial charge is 0.244 e. The van der Waals surface area contributed by atoms with Gasteiger partial charge >= 0.3 is 0 Å². The van der Waals surface area contributed by atoms with E-state index in [2.05, 4.69) is 10.3 Å². The molecule has 0 radical (unpaired) electrons. The fourth-order valence-electron chi connectivity index (χ4n) is 3.02. The van der Waals surface area contributed by atoms with E-state index in [1.165, 1.54) is 18.2 Å². The molecule has 7 heteroatoms. The van der Waals surface area contributed by atoms with Gasteiger partial charge < -0.3 is 19.4 Å². The van der Waals surface area contributed by atoms with Crippen molar-refractivity contribution in [2.45, 2.75) is 6.04 Å². The van der Waals surface area contributed by atoms with Gasteiger partial charge in [-0.2, -0.15) is 0 Å². The van der Waals surface area contributed by atoms with Crippen LogP contribution in [0, 0.1) is 5.82 Å². The summed E-state index contributed by atoms with van der Waals surface area (Å²) in [6.07, 6.45) is 6.51. The van der Waals surface area contributed by atoms with Gasteiger partial charge in [0.05, 0.1) is 0 Å². The number of carbonyl (C=O) groups excluding carboxylic acids is 1. The number of ether oxygens (including phenoxy) is 2. The zero-order valence-corrected chi connectivity index (χ0v) is 15.1. The second-order valence-electron chi connectivity index (χ2n) is 6.34. The Labute approximate surface area is 161 Å². The number of aromatic nitrogens is 2. The van der Waals surface area contributed by atoms with Crippen molar-refractivity contribution < 1.29 is 18.7 Å². The fraction of sp³-hybridized carbons (Fsp3) is 0.143. The number of hydrogen-bond donors (Lipinski definition) is 1. The van der Waals surface area contributed by atoms with Crippen molar-refractivity contribution in [1.82, 2.24) is 14.9 Å². The standard InChI is InChI=1S/C21H18FN3O3/c1-25-10-9-23-21(25)20(15-3-2-4-16(22)12-15)24-19(26)8-6-14-5-7-17-18(11-14)28-13-27-17/h2-12,20H,13H2,1H3,(H,24,26)/b8-6+. The highest BCUT2D eigenvalue weighted by molar-refractivity contribution is 5.92. The third-order valence-electron chi connectivity index (χ3n) is 4.41. The first-order valence-electron chi connectivity index (χ1n) is 8.71. The molecule has 3 aromatic rings. The SMILES string of the molecule is Cn1ccnc1C(NC(=O)/C=C/c1ccc2c(c1)OCO2)c1cccc(F)c1. The molecule has 0 aliphatic carbocycles. The van der Waals surface area contributed by atoms with E-state index in [0.717, 1.165) is 5.56 Å². The molecule has 0 bridgehead atoms. The van der Waals surface area contributed by atoms with E-state index in [4.69, 9.17) is 9.47 Å². The molecule has 1 N–H and O–H groups in total. The summed E-state index contributed by atoms with van der Waals surface area (Å²) in [4.78, 5) is 16.8. The highest BCUT2D eigenvalue weighted by atomic mass is 19.1. The zero-order chi connectivity index (χ0) is 19.5. The van der Waals surface area contributed by atoms with Crippen LogP contribution in [-0.4, -0.2) is 22.3 Å². The van der Waals surface area contributed by atoms with Gasteiger partial charge in [0, 0.05) is 25.5 Å².